The molecule has 7 nitrogen and oxygen atoms in total. The number of rotatable bonds is 5. The van der Waals surface area contributed by atoms with Crippen molar-refractivity contribution in [2.75, 3.05) is 19.6 Å². The molecule has 1 aliphatic rings. The molecular weight excluding hydrogens is 298 g/mol. The summed E-state index contributed by atoms with van der Waals surface area (Å²) >= 11 is 0. The average Bonchev–Trinajstić information content (AvgIpc) is 2.59. The van der Waals surface area contributed by atoms with E-state index in [4.69, 9.17) is 0 Å². The van der Waals surface area contributed by atoms with Gasteiger partial charge in [-0.25, -0.2) is 0 Å². The molecule has 1 fully saturated rings. The van der Waals surface area contributed by atoms with Crippen molar-refractivity contribution in [3.8, 4) is 0 Å². The Hall–Kier alpha value is -2.44. The Bertz CT molecular complexity index is 595. The third-order valence-corrected chi connectivity index (χ3v) is 4.01. The Morgan fingerprint density at radius 1 is 1.35 bits per heavy atom. The standard InChI is InChI=1S/C16H21N3O4/c1-2-8-17-15(20)12-6-9-18(10-7-12)16(21)13-4-3-5-14(11-13)19(22)23/h3-5,11-12H,2,6-10H2,1H3,(H,17,20). The molecule has 0 aliphatic carbocycles. The summed E-state index contributed by atoms with van der Waals surface area (Å²) in [5.74, 6) is -0.230. The first-order valence-electron chi connectivity index (χ1n) is 7.84. The lowest BCUT2D eigenvalue weighted by Crippen LogP contribution is -2.43. The van der Waals surface area contributed by atoms with Crippen LogP contribution in [0, 0.1) is 16.0 Å². The molecule has 1 saturated heterocycles. The van der Waals surface area contributed by atoms with Crippen LogP contribution in [0.5, 0.6) is 0 Å². The zero-order valence-corrected chi connectivity index (χ0v) is 13.2. The first-order chi connectivity index (χ1) is 11.0. The van der Waals surface area contributed by atoms with Crippen LogP contribution in [0.25, 0.3) is 0 Å². The summed E-state index contributed by atoms with van der Waals surface area (Å²) in [7, 11) is 0. The van der Waals surface area contributed by atoms with Gasteiger partial charge in [0.2, 0.25) is 5.91 Å². The van der Waals surface area contributed by atoms with Crippen LogP contribution in [-0.2, 0) is 4.79 Å². The van der Waals surface area contributed by atoms with Gasteiger partial charge in [-0.3, -0.25) is 19.7 Å². The number of piperidine rings is 1. The van der Waals surface area contributed by atoms with Gasteiger partial charge in [0.25, 0.3) is 11.6 Å². The number of nitro benzene ring substituents is 1. The molecule has 2 rings (SSSR count). The number of likely N-dealkylation sites (tertiary alicyclic amines) is 1. The van der Waals surface area contributed by atoms with Gasteiger partial charge in [-0.05, 0) is 25.3 Å². The highest BCUT2D eigenvalue weighted by Gasteiger charge is 2.28. The van der Waals surface area contributed by atoms with Crippen molar-refractivity contribution in [3.63, 3.8) is 0 Å². The maximum atomic E-state index is 12.4. The Labute approximate surface area is 134 Å². The van der Waals surface area contributed by atoms with Gasteiger partial charge in [0.05, 0.1) is 4.92 Å². The van der Waals surface area contributed by atoms with Crippen molar-refractivity contribution in [1.82, 2.24) is 10.2 Å². The van der Waals surface area contributed by atoms with E-state index >= 15 is 0 Å². The number of hydrogen-bond donors (Lipinski definition) is 1. The summed E-state index contributed by atoms with van der Waals surface area (Å²) in [5, 5.41) is 13.7. The quantitative estimate of drug-likeness (QED) is 0.663. The van der Waals surface area contributed by atoms with Crippen LogP contribution in [0.2, 0.25) is 0 Å². The summed E-state index contributed by atoms with van der Waals surface area (Å²) < 4.78 is 0. The molecule has 7 heteroatoms. The highest BCUT2D eigenvalue weighted by Crippen LogP contribution is 2.21. The number of nitrogens with zero attached hydrogens (tertiary/aromatic N) is 2. The number of hydrogen-bond acceptors (Lipinski definition) is 4. The molecule has 124 valence electrons. The van der Waals surface area contributed by atoms with Crippen LogP contribution < -0.4 is 5.32 Å². The van der Waals surface area contributed by atoms with Gasteiger partial charge >= 0.3 is 0 Å². The van der Waals surface area contributed by atoms with E-state index in [1.165, 1.54) is 18.2 Å². The van der Waals surface area contributed by atoms with Crippen LogP contribution >= 0.6 is 0 Å². The fourth-order valence-electron chi connectivity index (χ4n) is 2.67. The van der Waals surface area contributed by atoms with E-state index in [0.29, 0.717) is 38.0 Å². The molecule has 0 bridgehead atoms. The molecule has 0 spiro atoms. The van der Waals surface area contributed by atoms with Crippen molar-refractivity contribution in [2.24, 2.45) is 5.92 Å². The zero-order valence-electron chi connectivity index (χ0n) is 13.2. The average molecular weight is 319 g/mol. The zero-order chi connectivity index (χ0) is 16.8. The second-order valence-corrected chi connectivity index (χ2v) is 5.66. The van der Waals surface area contributed by atoms with E-state index < -0.39 is 4.92 Å². The molecule has 0 unspecified atom stereocenters. The molecule has 0 saturated carbocycles. The highest BCUT2D eigenvalue weighted by molar-refractivity contribution is 5.95. The third kappa shape index (κ3) is 4.28. The lowest BCUT2D eigenvalue weighted by molar-refractivity contribution is -0.384. The molecule has 0 aromatic heterocycles. The van der Waals surface area contributed by atoms with E-state index in [1.54, 1.807) is 11.0 Å². The normalized spacial score (nSPS) is 15.3. The minimum Gasteiger partial charge on any atom is -0.356 e. The van der Waals surface area contributed by atoms with Crippen molar-refractivity contribution >= 4 is 17.5 Å². The van der Waals surface area contributed by atoms with E-state index in [0.717, 1.165) is 6.42 Å². The lowest BCUT2D eigenvalue weighted by atomic mass is 9.95. The highest BCUT2D eigenvalue weighted by atomic mass is 16.6. The van der Waals surface area contributed by atoms with Crippen LogP contribution in [-0.4, -0.2) is 41.3 Å². The maximum absolute atomic E-state index is 12.4. The first-order valence-corrected chi connectivity index (χ1v) is 7.84. The molecule has 1 heterocycles. The van der Waals surface area contributed by atoms with Crippen molar-refractivity contribution in [1.29, 1.82) is 0 Å². The summed E-state index contributed by atoms with van der Waals surface area (Å²) in [5.41, 5.74) is 0.220. The topological polar surface area (TPSA) is 92.6 Å². The predicted octanol–water partition coefficient (Wildman–Crippen LogP) is 1.97. The van der Waals surface area contributed by atoms with Crippen molar-refractivity contribution in [2.45, 2.75) is 26.2 Å². The molecule has 2 amide bonds. The number of nitro groups is 1. The minimum atomic E-state index is -0.513. The number of benzene rings is 1. The number of non-ortho nitro benzene ring substituents is 1. The molecule has 1 aromatic carbocycles. The summed E-state index contributed by atoms with van der Waals surface area (Å²) in [6.07, 6.45) is 2.14. The molecule has 1 N–H and O–H groups in total. The maximum Gasteiger partial charge on any atom is 0.270 e. The van der Waals surface area contributed by atoms with E-state index in [1.807, 2.05) is 6.92 Å². The van der Waals surface area contributed by atoms with Crippen LogP contribution in [0.3, 0.4) is 0 Å². The fourth-order valence-corrected chi connectivity index (χ4v) is 2.67. The van der Waals surface area contributed by atoms with Gasteiger partial charge in [0.1, 0.15) is 0 Å². The summed E-state index contributed by atoms with van der Waals surface area (Å²) in [4.78, 5) is 36.3. The van der Waals surface area contributed by atoms with Crippen LogP contribution in [0.15, 0.2) is 24.3 Å². The Balaban J connectivity index is 1.94. The second kappa shape index (κ2) is 7.71. The molecule has 0 atom stereocenters. The first kappa shape index (κ1) is 16.9. The number of nitrogens with one attached hydrogen (secondary N) is 1. The molecular formula is C16H21N3O4. The number of carbonyl (C=O) groups is 2. The molecule has 0 radical (unpaired) electrons. The SMILES string of the molecule is CCCNC(=O)C1CCN(C(=O)c2cccc([N+](=O)[O-])c2)CC1. The van der Waals surface area contributed by atoms with Crippen LogP contribution in [0.4, 0.5) is 5.69 Å². The van der Waals surface area contributed by atoms with Gasteiger partial charge in [-0.1, -0.05) is 13.0 Å². The number of carbonyl (C=O) groups excluding carboxylic acids is 2. The van der Waals surface area contributed by atoms with Gasteiger partial charge in [-0.15, -0.1) is 0 Å². The van der Waals surface area contributed by atoms with E-state index in [-0.39, 0.29) is 23.4 Å². The van der Waals surface area contributed by atoms with E-state index in [9.17, 15) is 19.7 Å². The largest absolute Gasteiger partial charge is 0.356 e. The molecule has 23 heavy (non-hydrogen) atoms. The smallest absolute Gasteiger partial charge is 0.270 e. The van der Waals surface area contributed by atoms with Gasteiger partial charge in [0.15, 0.2) is 0 Å². The summed E-state index contributed by atoms with van der Waals surface area (Å²) in [6, 6.07) is 5.75. The monoisotopic (exact) mass is 319 g/mol. The fraction of sp³-hybridized carbons (Fsp3) is 0.500. The Kier molecular flexibility index (Phi) is 5.67. The second-order valence-electron chi connectivity index (χ2n) is 5.66. The van der Waals surface area contributed by atoms with Gasteiger partial charge in [0, 0.05) is 43.2 Å². The number of amides is 2. The minimum absolute atomic E-state index is 0.0503. The van der Waals surface area contributed by atoms with Crippen LogP contribution in [0.1, 0.15) is 36.5 Å². The van der Waals surface area contributed by atoms with Crippen molar-refractivity contribution in [3.05, 3.63) is 39.9 Å². The Morgan fingerprint density at radius 3 is 2.65 bits per heavy atom. The van der Waals surface area contributed by atoms with Gasteiger partial charge < -0.3 is 10.2 Å². The Morgan fingerprint density at radius 2 is 2.04 bits per heavy atom. The lowest BCUT2D eigenvalue weighted by Gasteiger charge is -2.31. The van der Waals surface area contributed by atoms with Crippen molar-refractivity contribution < 1.29 is 14.5 Å². The van der Waals surface area contributed by atoms with E-state index in [2.05, 4.69) is 5.32 Å². The summed E-state index contributed by atoms with van der Waals surface area (Å²) in [6.45, 7) is 3.66. The molecule has 1 aromatic rings. The predicted molar refractivity (Wildman–Crippen MR) is 85.0 cm³/mol. The molecule has 1 aliphatic heterocycles. The third-order valence-electron chi connectivity index (χ3n) is 4.01. The van der Waals surface area contributed by atoms with Gasteiger partial charge in [-0.2, -0.15) is 0 Å².